The van der Waals surface area contributed by atoms with Crippen molar-refractivity contribution in [3.8, 4) is 5.75 Å². The van der Waals surface area contributed by atoms with Gasteiger partial charge in [0.15, 0.2) is 0 Å². The molecule has 1 aromatic heterocycles. The molecular weight excluding hydrogens is 266 g/mol. The zero-order valence-corrected chi connectivity index (χ0v) is 12.0. The molecule has 0 atom stereocenters. The van der Waals surface area contributed by atoms with Crippen LogP contribution in [0.3, 0.4) is 0 Å². The quantitative estimate of drug-likeness (QED) is 0.854. The third kappa shape index (κ3) is 4.80. The summed E-state index contributed by atoms with van der Waals surface area (Å²) in [6.07, 6.45) is 2.46. The molecule has 2 amide bonds. The van der Waals surface area contributed by atoms with E-state index in [2.05, 4.69) is 15.6 Å². The maximum absolute atomic E-state index is 11.7. The highest BCUT2D eigenvalue weighted by Crippen LogP contribution is 2.16. The second kappa shape index (κ2) is 7.89. The van der Waals surface area contributed by atoms with Crippen molar-refractivity contribution in [1.82, 2.24) is 15.6 Å². The number of hydrogen-bond acceptors (Lipinski definition) is 3. The summed E-state index contributed by atoms with van der Waals surface area (Å²) < 4.78 is 5.24. The monoisotopic (exact) mass is 285 g/mol. The van der Waals surface area contributed by atoms with Crippen LogP contribution in [-0.4, -0.2) is 24.7 Å². The van der Waals surface area contributed by atoms with Gasteiger partial charge in [-0.2, -0.15) is 0 Å². The molecular formula is C16H19N3O2. The van der Waals surface area contributed by atoms with E-state index in [1.165, 1.54) is 0 Å². The largest absolute Gasteiger partial charge is 0.496 e. The summed E-state index contributed by atoms with van der Waals surface area (Å²) in [7, 11) is 1.62. The fraction of sp³-hybridized carbons (Fsp3) is 0.250. The van der Waals surface area contributed by atoms with Gasteiger partial charge in [0.1, 0.15) is 5.75 Å². The Balaban J connectivity index is 1.72. The van der Waals surface area contributed by atoms with Gasteiger partial charge in [0, 0.05) is 37.0 Å². The minimum atomic E-state index is -0.197. The molecule has 2 rings (SSSR count). The molecule has 1 heterocycles. The molecule has 0 aliphatic carbocycles. The van der Waals surface area contributed by atoms with Gasteiger partial charge < -0.3 is 15.4 Å². The van der Waals surface area contributed by atoms with Crippen LogP contribution in [-0.2, 0) is 13.0 Å². The smallest absolute Gasteiger partial charge is 0.315 e. The molecule has 5 nitrogen and oxygen atoms in total. The molecule has 2 N–H and O–H groups in total. The Morgan fingerprint density at radius 3 is 2.71 bits per heavy atom. The van der Waals surface area contributed by atoms with Crippen LogP contribution in [0.5, 0.6) is 5.75 Å². The number of ether oxygens (including phenoxy) is 1. The van der Waals surface area contributed by atoms with Crippen LogP contribution in [0.15, 0.2) is 48.7 Å². The first kappa shape index (κ1) is 14.8. The van der Waals surface area contributed by atoms with Crippen molar-refractivity contribution >= 4 is 6.03 Å². The zero-order chi connectivity index (χ0) is 14.9. The van der Waals surface area contributed by atoms with E-state index < -0.39 is 0 Å². The summed E-state index contributed by atoms with van der Waals surface area (Å²) >= 11 is 0. The van der Waals surface area contributed by atoms with E-state index in [1.807, 2.05) is 42.5 Å². The summed E-state index contributed by atoms with van der Waals surface area (Å²) in [4.78, 5) is 15.9. The number of carbonyl (C=O) groups is 1. The van der Waals surface area contributed by atoms with Crippen molar-refractivity contribution in [3.05, 3.63) is 59.9 Å². The number of para-hydroxylation sites is 1. The molecule has 5 heteroatoms. The molecule has 0 unspecified atom stereocenters. The Morgan fingerprint density at radius 1 is 1.14 bits per heavy atom. The third-order valence-electron chi connectivity index (χ3n) is 3.02. The van der Waals surface area contributed by atoms with E-state index in [-0.39, 0.29) is 6.03 Å². The Hall–Kier alpha value is -2.56. The topological polar surface area (TPSA) is 63.2 Å². The lowest BCUT2D eigenvalue weighted by Crippen LogP contribution is -2.36. The van der Waals surface area contributed by atoms with Gasteiger partial charge in [-0.25, -0.2) is 4.79 Å². The number of carbonyl (C=O) groups excluding carboxylic acids is 1. The Bertz CT molecular complexity index is 573. The predicted octanol–water partition coefficient (Wildman–Crippen LogP) is 2.13. The molecule has 0 spiro atoms. The molecule has 0 radical (unpaired) electrons. The minimum Gasteiger partial charge on any atom is -0.496 e. The molecule has 0 fully saturated rings. The molecule has 21 heavy (non-hydrogen) atoms. The lowest BCUT2D eigenvalue weighted by atomic mass is 10.2. The Labute approximate surface area is 124 Å². The lowest BCUT2D eigenvalue weighted by Gasteiger charge is -2.10. The number of nitrogens with one attached hydrogen (secondary N) is 2. The predicted molar refractivity (Wildman–Crippen MR) is 81.2 cm³/mol. The molecule has 0 saturated heterocycles. The van der Waals surface area contributed by atoms with Crippen LogP contribution < -0.4 is 15.4 Å². The minimum absolute atomic E-state index is 0.197. The molecule has 0 bridgehead atoms. The number of benzene rings is 1. The number of urea groups is 1. The van der Waals surface area contributed by atoms with E-state index in [1.54, 1.807) is 13.3 Å². The van der Waals surface area contributed by atoms with Gasteiger partial charge in [-0.3, -0.25) is 4.98 Å². The van der Waals surface area contributed by atoms with Gasteiger partial charge in [0.2, 0.25) is 0 Å². The first-order chi connectivity index (χ1) is 10.3. The summed E-state index contributed by atoms with van der Waals surface area (Å²) in [5.41, 5.74) is 1.91. The van der Waals surface area contributed by atoms with Gasteiger partial charge in [-0.05, 0) is 18.2 Å². The molecule has 0 aliphatic heterocycles. The standard InChI is InChI=1S/C16H19N3O2/c1-21-15-8-3-2-6-13(15)12-19-16(20)18-11-9-14-7-4-5-10-17-14/h2-8,10H,9,11-12H2,1H3,(H2,18,19,20). The molecule has 1 aromatic carbocycles. The highest BCUT2D eigenvalue weighted by molar-refractivity contribution is 5.73. The van der Waals surface area contributed by atoms with Gasteiger partial charge in [0.05, 0.1) is 7.11 Å². The average Bonchev–Trinajstić information content (AvgIpc) is 2.54. The maximum Gasteiger partial charge on any atom is 0.315 e. The van der Waals surface area contributed by atoms with E-state index in [4.69, 9.17) is 4.74 Å². The zero-order valence-electron chi connectivity index (χ0n) is 12.0. The molecule has 2 aromatic rings. The average molecular weight is 285 g/mol. The van der Waals surface area contributed by atoms with Crippen molar-refractivity contribution in [1.29, 1.82) is 0 Å². The highest BCUT2D eigenvalue weighted by Gasteiger charge is 2.04. The first-order valence-corrected chi connectivity index (χ1v) is 6.83. The van der Waals surface area contributed by atoms with Crippen molar-refractivity contribution in [3.63, 3.8) is 0 Å². The third-order valence-corrected chi connectivity index (χ3v) is 3.02. The van der Waals surface area contributed by atoms with E-state index in [9.17, 15) is 4.79 Å². The van der Waals surface area contributed by atoms with Crippen molar-refractivity contribution < 1.29 is 9.53 Å². The number of nitrogens with zero attached hydrogens (tertiary/aromatic N) is 1. The fourth-order valence-corrected chi connectivity index (χ4v) is 1.94. The van der Waals surface area contributed by atoms with Gasteiger partial charge in [-0.15, -0.1) is 0 Å². The first-order valence-electron chi connectivity index (χ1n) is 6.83. The molecule has 110 valence electrons. The summed E-state index contributed by atoms with van der Waals surface area (Å²) in [6, 6.07) is 13.2. The van der Waals surface area contributed by atoms with Crippen LogP contribution in [0.2, 0.25) is 0 Å². The lowest BCUT2D eigenvalue weighted by molar-refractivity contribution is 0.240. The van der Waals surface area contributed by atoms with Crippen LogP contribution >= 0.6 is 0 Å². The second-order valence-corrected chi connectivity index (χ2v) is 4.49. The Kier molecular flexibility index (Phi) is 5.58. The number of hydrogen-bond donors (Lipinski definition) is 2. The van der Waals surface area contributed by atoms with Gasteiger partial charge >= 0.3 is 6.03 Å². The number of pyridine rings is 1. The van der Waals surface area contributed by atoms with Crippen LogP contribution in [0.25, 0.3) is 0 Å². The normalized spacial score (nSPS) is 9.95. The van der Waals surface area contributed by atoms with E-state index in [0.717, 1.165) is 17.0 Å². The van der Waals surface area contributed by atoms with Crippen molar-refractivity contribution in [2.75, 3.05) is 13.7 Å². The van der Waals surface area contributed by atoms with E-state index in [0.29, 0.717) is 19.5 Å². The second-order valence-electron chi connectivity index (χ2n) is 4.49. The number of amides is 2. The number of rotatable bonds is 6. The highest BCUT2D eigenvalue weighted by atomic mass is 16.5. The SMILES string of the molecule is COc1ccccc1CNC(=O)NCCc1ccccn1. The van der Waals surface area contributed by atoms with Crippen LogP contribution in [0.4, 0.5) is 4.79 Å². The Morgan fingerprint density at radius 2 is 1.95 bits per heavy atom. The summed E-state index contributed by atoms with van der Waals surface area (Å²) in [5.74, 6) is 0.770. The fourth-order valence-electron chi connectivity index (χ4n) is 1.94. The van der Waals surface area contributed by atoms with Crippen molar-refractivity contribution in [2.45, 2.75) is 13.0 Å². The van der Waals surface area contributed by atoms with Crippen LogP contribution in [0, 0.1) is 0 Å². The van der Waals surface area contributed by atoms with Crippen molar-refractivity contribution in [2.24, 2.45) is 0 Å². The van der Waals surface area contributed by atoms with Gasteiger partial charge in [0.25, 0.3) is 0 Å². The summed E-state index contributed by atoms with van der Waals surface area (Å²) in [5, 5.41) is 5.62. The molecule has 0 saturated carbocycles. The molecule has 0 aliphatic rings. The summed E-state index contributed by atoms with van der Waals surface area (Å²) in [6.45, 7) is 0.980. The maximum atomic E-state index is 11.7. The van der Waals surface area contributed by atoms with E-state index >= 15 is 0 Å². The van der Waals surface area contributed by atoms with Gasteiger partial charge in [-0.1, -0.05) is 24.3 Å². The van der Waals surface area contributed by atoms with Crippen LogP contribution in [0.1, 0.15) is 11.3 Å². The number of methoxy groups -OCH3 is 1. The number of aromatic nitrogens is 1.